The number of hydrogen-bond donors (Lipinski definition) is 1. The first-order chi connectivity index (χ1) is 10.6. The van der Waals surface area contributed by atoms with Gasteiger partial charge >= 0.3 is 0 Å². The zero-order valence-electron chi connectivity index (χ0n) is 11.4. The number of ketones is 1. The number of halogens is 1. The number of rotatable bonds is 3. The molecule has 0 saturated carbocycles. The van der Waals surface area contributed by atoms with Crippen molar-refractivity contribution in [2.75, 3.05) is 16.8 Å². The Bertz CT molecular complexity index is 788. The molecule has 0 aliphatic carbocycles. The van der Waals surface area contributed by atoms with E-state index in [1.165, 1.54) is 4.90 Å². The van der Waals surface area contributed by atoms with Gasteiger partial charge in [-0.1, -0.05) is 24.3 Å². The summed E-state index contributed by atoms with van der Waals surface area (Å²) in [7, 11) is 0. The first-order valence-electron chi connectivity index (χ1n) is 6.57. The summed E-state index contributed by atoms with van der Waals surface area (Å²) in [6, 6.07) is 13.8. The average molecular weight is 359 g/mol. The van der Waals surface area contributed by atoms with Crippen LogP contribution in [0.2, 0.25) is 0 Å². The maximum absolute atomic E-state index is 12.1. The Morgan fingerprint density at radius 1 is 1.05 bits per heavy atom. The van der Waals surface area contributed by atoms with E-state index in [0.717, 1.165) is 4.47 Å². The average Bonchev–Trinajstić information content (AvgIpc) is 2.75. The molecule has 3 rings (SSSR count). The number of nitrogens with one attached hydrogen (secondary N) is 1. The number of Topliss-reactive ketones (excluding diaryl/α,β-unsaturated/α-hetero) is 1. The van der Waals surface area contributed by atoms with E-state index in [2.05, 4.69) is 21.2 Å². The van der Waals surface area contributed by atoms with Crippen LogP contribution >= 0.6 is 15.9 Å². The smallest absolute Gasteiger partial charge is 0.299 e. The van der Waals surface area contributed by atoms with Gasteiger partial charge in [-0.05, 0) is 40.2 Å². The molecule has 0 unspecified atom stereocenters. The number of carbonyl (C=O) groups is 3. The van der Waals surface area contributed by atoms with Crippen LogP contribution < -0.4 is 10.2 Å². The molecule has 1 N–H and O–H groups in total. The molecule has 0 spiro atoms. The van der Waals surface area contributed by atoms with Crippen LogP contribution in [0.25, 0.3) is 0 Å². The summed E-state index contributed by atoms with van der Waals surface area (Å²) in [6.45, 7) is -0.205. The van der Waals surface area contributed by atoms with Gasteiger partial charge in [0.05, 0.1) is 16.9 Å². The minimum absolute atomic E-state index is 0.205. The van der Waals surface area contributed by atoms with Crippen LogP contribution in [0.15, 0.2) is 53.0 Å². The van der Waals surface area contributed by atoms with Crippen LogP contribution in [-0.4, -0.2) is 24.1 Å². The van der Waals surface area contributed by atoms with Gasteiger partial charge in [-0.15, -0.1) is 0 Å². The lowest BCUT2D eigenvalue weighted by Crippen LogP contribution is -2.37. The van der Waals surface area contributed by atoms with E-state index in [4.69, 9.17) is 0 Å². The molecule has 0 bridgehead atoms. The Morgan fingerprint density at radius 2 is 1.73 bits per heavy atom. The van der Waals surface area contributed by atoms with Gasteiger partial charge in [0.15, 0.2) is 0 Å². The van der Waals surface area contributed by atoms with E-state index in [0.29, 0.717) is 16.9 Å². The summed E-state index contributed by atoms with van der Waals surface area (Å²) in [5.74, 6) is -1.63. The Kier molecular flexibility index (Phi) is 3.77. The molecule has 1 aliphatic rings. The molecule has 5 nitrogen and oxygen atoms in total. The van der Waals surface area contributed by atoms with Crippen molar-refractivity contribution < 1.29 is 14.4 Å². The van der Waals surface area contributed by atoms with E-state index >= 15 is 0 Å². The first kappa shape index (κ1) is 14.5. The van der Waals surface area contributed by atoms with Crippen molar-refractivity contribution in [3.05, 3.63) is 58.6 Å². The molecule has 0 atom stereocenters. The van der Waals surface area contributed by atoms with Crippen molar-refractivity contribution in [3.8, 4) is 0 Å². The molecule has 110 valence electrons. The van der Waals surface area contributed by atoms with Crippen molar-refractivity contribution in [3.63, 3.8) is 0 Å². The van der Waals surface area contributed by atoms with Crippen LogP contribution in [-0.2, 0) is 9.59 Å². The van der Waals surface area contributed by atoms with Gasteiger partial charge in [-0.25, -0.2) is 0 Å². The number of hydrogen-bond acceptors (Lipinski definition) is 3. The molecule has 1 heterocycles. The number of amides is 2. The molecule has 1 aliphatic heterocycles. The Hall–Kier alpha value is -2.47. The standard InChI is InChI=1S/C16H11BrN2O3/c17-11-6-2-3-7-12(11)18-14(20)9-19-13-8-4-1-5-10(13)15(21)16(19)22/h1-8H,9H2,(H,18,20). The van der Waals surface area contributed by atoms with Gasteiger partial charge in [-0.2, -0.15) is 0 Å². The Morgan fingerprint density at radius 3 is 2.50 bits per heavy atom. The van der Waals surface area contributed by atoms with Crippen LogP contribution in [0, 0.1) is 0 Å². The largest absolute Gasteiger partial charge is 0.324 e. The highest BCUT2D eigenvalue weighted by atomic mass is 79.9. The Balaban J connectivity index is 1.79. The second kappa shape index (κ2) is 5.73. The van der Waals surface area contributed by atoms with Gasteiger partial charge < -0.3 is 5.32 Å². The number of carbonyl (C=O) groups excluding carboxylic acids is 3. The summed E-state index contributed by atoms with van der Waals surface area (Å²) in [4.78, 5) is 37.2. The molecule has 2 aromatic rings. The maximum atomic E-state index is 12.1. The topological polar surface area (TPSA) is 66.5 Å². The summed E-state index contributed by atoms with van der Waals surface area (Å²) in [6.07, 6.45) is 0. The Labute approximate surface area is 135 Å². The lowest BCUT2D eigenvalue weighted by molar-refractivity contribution is -0.118. The van der Waals surface area contributed by atoms with Crippen molar-refractivity contribution in [2.45, 2.75) is 0 Å². The van der Waals surface area contributed by atoms with Crippen molar-refractivity contribution >= 4 is 44.9 Å². The summed E-state index contributed by atoms with van der Waals surface area (Å²) in [5, 5.41) is 2.71. The van der Waals surface area contributed by atoms with E-state index in [1.54, 1.807) is 42.5 Å². The normalized spacial score (nSPS) is 13.2. The van der Waals surface area contributed by atoms with Crippen molar-refractivity contribution in [2.24, 2.45) is 0 Å². The van der Waals surface area contributed by atoms with E-state index in [9.17, 15) is 14.4 Å². The number of nitrogens with zero attached hydrogens (tertiary/aromatic N) is 1. The number of anilines is 2. The van der Waals surface area contributed by atoms with Gasteiger partial charge in [0, 0.05) is 4.47 Å². The number of benzene rings is 2. The summed E-state index contributed by atoms with van der Waals surface area (Å²) < 4.78 is 0.743. The molecular weight excluding hydrogens is 348 g/mol. The predicted octanol–water partition coefficient (Wildman–Crippen LogP) is 2.62. The molecule has 0 radical (unpaired) electrons. The zero-order valence-corrected chi connectivity index (χ0v) is 13.0. The lowest BCUT2D eigenvalue weighted by Gasteiger charge is -2.16. The molecule has 22 heavy (non-hydrogen) atoms. The SMILES string of the molecule is O=C(CN1C(=O)C(=O)c2ccccc21)Nc1ccccc1Br. The lowest BCUT2D eigenvalue weighted by atomic mass is 10.1. The fraction of sp³-hybridized carbons (Fsp3) is 0.0625. The highest BCUT2D eigenvalue weighted by Gasteiger charge is 2.36. The molecule has 0 aromatic heterocycles. The number of fused-ring (bicyclic) bond motifs is 1. The van der Waals surface area contributed by atoms with Gasteiger partial charge in [0.2, 0.25) is 5.91 Å². The number of para-hydroxylation sites is 2. The zero-order chi connectivity index (χ0) is 15.7. The van der Waals surface area contributed by atoms with Crippen LogP contribution in [0.5, 0.6) is 0 Å². The predicted molar refractivity (Wildman–Crippen MR) is 85.9 cm³/mol. The molecule has 2 amide bonds. The second-order valence-corrected chi connectivity index (χ2v) is 5.62. The highest BCUT2D eigenvalue weighted by Crippen LogP contribution is 2.28. The van der Waals surface area contributed by atoms with E-state index in [-0.39, 0.29) is 12.5 Å². The summed E-state index contributed by atoms with van der Waals surface area (Å²) in [5.41, 5.74) is 1.42. The molecular formula is C16H11BrN2O3. The van der Waals surface area contributed by atoms with Crippen LogP contribution in [0.1, 0.15) is 10.4 Å². The van der Waals surface area contributed by atoms with Gasteiger partial charge in [0.25, 0.3) is 11.7 Å². The van der Waals surface area contributed by atoms with E-state index < -0.39 is 11.7 Å². The quantitative estimate of drug-likeness (QED) is 0.857. The fourth-order valence-electron chi connectivity index (χ4n) is 2.30. The minimum Gasteiger partial charge on any atom is -0.324 e. The maximum Gasteiger partial charge on any atom is 0.299 e. The third-order valence-corrected chi connectivity index (χ3v) is 4.02. The van der Waals surface area contributed by atoms with Gasteiger partial charge in [0.1, 0.15) is 6.54 Å². The molecule has 0 fully saturated rings. The second-order valence-electron chi connectivity index (χ2n) is 4.77. The van der Waals surface area contributed by atoms with Gasteiger partial charge in [-0.3, -0.25) is 19.3 Å². The van der Waals surface area contributed by atoms with Crippen molar-refractivity contribution in [1.29, 1.82) is 0 Å². The fourth-order valence-corrected chi connectivity index (χ4v) is 2.68. The van der Waals surface area contributed by atoms with Crippen LogP contribution in [0.4, 0.5) is 11.4 Å². The first-order valence-corrected chi connectivity index (χ1v) is 7.37. The molecule has 6 heteroatoms. The molecule has 2 aromatic carbocycles. The molecule has 0 saturated heterocycles. The monoisotopic (exact) mass is 358 g/mol. The van der Waals surface area contributed by atoms with E-state index in [1.807, 2.05) is 6.07 Å². The third kappa shape index (κ3) is 2.53. The minimum atomic E-state index is -0.677. The summed E-state index contributed by atoms with van der Waals surface area (Å²) >= 11 is 3.34. The third-order valence-electron chi connectivity index (χ3n) is 3.33. The highest BCUT2D eigenvalue weighted by molar-refractivity contribution is 9.10. The van der Waals surface area contributed by atoms with Crippen molar-refractivity contribution in [1.82, 2.24) is 0 Å². The van der Waals surface area contributed by atoms with Crippen LogP contribution in [0.3, 0.4) is 0 Å².